The zero-order valence-electron chi connectivity index (χ0n) is 15.9. The van der Waals surface area contributed by atoms with Crippen LogP contribution >= 0.6 is 11.6 Å². The van der Waals surface area contributed by atoms with Gasteiger partial charge in [0.15, 0.2) is 0 Å². The first-order chi connectivity index (χ1) is 12.9. The van der Waals surface area contributed by atoms with Crippen molar-refractivity contribution in [1.29, 1.82) is 0 Å². The Labute approximate surface area is 165 Å². The van der Waals surface area contributed by atoms with Crippen molar-refractivity contribution in [3.8, 4) is 11.8 Å². The van der Waals surface area contributed by atoms with Crippen molar-refractivity contribution in [2.75, 3.05) is 6.54 Å². The van der Waals surface area contributed by atoms with Crippen LogP contribution in [0.25, 0.3) is 0 Å². The second-order valence-electron chi connectivity index (χ2n) is 8.60. The van der Waals surface area contributed by atoms with Crippen LogP contribution in [-0.4, -0.2) is 29.3 Å². The zero-order valence-corrected chi connectivity index (χ0v) is 16.6. The van der Waals surface area contributed by atoms with Gasteiger partial charge in [0.05, 0.1) is 5.92 Å². The maximum atomic E-state index is 13.0. The van der Waals surface area contributed by atoms with Gasteiger partial charge >= 0.3 is 0 Å². The number of carbonyl (C=O) groups is 1. The Hall–Kier alpha value is -1.99. The number of rotatable bonds is 1. The number of amides is 1. The van der Waals surface area contributed by atoms with E-state index in [1.54, 1.807) is 0 Å². The van der Waals surface area contributed by atoms with Gasteiger partial charge in [-0.05, 0) is 61.6 Å². The summed E-state index contributed by atoms with van der Waals surface area (Å²) in [5.41, 5.74) is 1.95. The van der Waals surface area contributed by atoms with E-state index in [0.29, 0.717) is 10.4 Å². The monoisotopic (exact) mass is 384 g/mol. The van der Waals surface area contributed by atoms with Crippen LogP contribution in [0.15, 0.2) is 29.4 Å². The molecule has 0 spiro atoms. The van der Waals surface area contributed by atoms with Gasteiger partial charge in [0.25, 0.3) is 0 Å². The van der Waals surface area contributed by atoms with Gasteiger partial charge in [-0.15, -0.1) is 0 Å². The highest BCUT2D eigenvalue weighted by atomic mass is 35.5. The molecule has 1 amide bonds. The van der Waals surface area contributed by atoms with E-state index in [1.165, 1.54) is 0 Å². The van der Waals surface area contributed by atoms with E-state index in [9.17, 15) is 4.79 Å². The molecular formula is C22H25ClN2O2. The molecule has 2 fully saturated rings. The highest BCUT2D eigenvalue weighted by Gasteiger charge is 2.47. The summed E-state index contributed by atoms with van der Waals surface area (Å²) in [5, 5.41) is 4.84. The van der Waals surface area contributed by atoms with E-state index < -0.39 is 0 Å². The molecule has 1 saturated carbocycles. The third-order valence-corrected chi connectivity index (χ3v) is 6.31. The van der Waals surface area contributed by atoms with Crippen LogP contribution in [0.3, 0.4) is 0 Å². The smallest absolute Gasteiger partial charge is 0.228 e. The second-order valence-corrected chi connectivity index (χ2v) is 9.03. The van der Waals surface area contributed by atoms with Gasteiger partial charge in [-0.25, -0.2) is 0 Å². The molecule has 4 rings (SSSR count). The number of halogens is 1. The average molecular weight is 385 g/mol. The first-order valence-corrected chi connectivity index (χ1v) is 10.1. The molecule has 2 aliphatic heterocycles. The van der Waals surface area contributed by atoms with Crippen LogP contribution < -0.4 is 0 Å². The SMILES string of the molecule is CC1(C)CCC(C(=O)N2CCC3C(C#Cc4cccc(Cl)c4)=NOC32)CC1. The summed E-state index contributed by atoms with van der Waals surface area (Å²) in [6.07, 6.45) is 4.75. The molecule has 0 radical (unpaired) electrons. The Kier molecular flexibility index (Phi) is 4.90. The maximum absolute atomic E-state index is 13.0. The van der Waals surface area contributed by atoms with Gasteiger partial charge in [-0.2, -0.15) is 0 Å². The largest absolute Gasteiger partial charge is 0.369 e. The minimum atomic E-state index is -0.281. The van der Waals surface area contributed by atoms with Gasteiger partial charge in [0.2, 0.25) is 12.1 Å². The molecule has 5 heteroatoms. The van der Waals surface area contributed by atoms with Gasteiger partial charge < -0.3 is 9.74 Å². The lowest BCUT2D eigenvalue weighted by molar-refractivity contribution is -0.147. The van der Waals surface area contributed by atoms with E-state index in [-0.39, 0.29) is 24.0 Å². The molecule has 0 aromatic heterocycles. The Morgan fingerprint density at radius 2 is 2.04 bits per heavy atom. The molecule has 1 aliphatic carbocycles. The molecule has 0 bridgehead atoms. The molecule has 0 N–H and O–H groups in total. The molecule has 142 valence electrons. The number of benzene rings is 1. The van der Waals surface area contributed by atoms with Crippen LogP contribution in [-0.2, 0) is 9.63 Å². The summed E-state index contributed by atoms with van der Waals surface area (Å²) in [7, 11) is 0. The highest BCUT2D eigenvalue weighted by molar-refractivity contribution is 6.30. The Bertz CT molecular complexity index is 826. The number of likely N-dealkylation sites (tertiary alicyclic amines) is 1. The van der Waals surface area contributed by atoms with Gasteiger partial charge in [-0.3, -0.25) is 4.79 Å². The number of hydrogen-bond acceptors (Lipinski definition) is 3. The topological polar surface area (TPSA) is 41.9 Å². The molecule has 27 heavy (non-hydrogen) atoms. The molecule has 1 aromatic carbocycles. The van der Waals surface area contributed by atoms with Crippen molar-refractivity contribution < 1.29 is 9.63 Å². The minimum absolute atomic E-state index is 0.0839. The lowest BCUT2D eigenvalue weighted by Crippen LogP contribution is -2.43. The number of nitrogens with zero attached hydrogens (tertiary/aromatic N) is 2. The summed E-state index contributed by atoms with van der Waals surface area (Å²) in [6, 6.07) is 7.45. The molecule has 1 saturated heterocycles. The van der Waals surface area contributed by atoms with Crippen molar-refractivity contribution in [3.63, 3.8) is 0 Å². The summed E-state index contributed by atoms with van der Waals surface area (Å²) in [6.45, 7) is 5.31. The third kappa shape index (κ3) is 3.84. The van der Waals surface area contributed by atoms with Gasteiger partial charge in [0, 0.05) is 23.0 Å². The van der Waals surface area contributed by atoms with Crippen LogP contribution in [0, 0.1) is 29.1 Å². The van der Waals surface area contributed by atoms with Gasteiger partial charge in [-0.1, -0.05) is 42.6 Å². The first kappa shape index (κ1) is 18.4. The molecule has 2 unspecified atom stereocenters. The fraction of sp³-hybridized carbons (Fsp3) is 0.545. The Morgan fingerprint density at radius 3 is 2.78 bits per heavy atom. The fourth-order valence-corrected chi connectivity index (χ4v) is 4.47. The molecule has 4 nitrogen and oxygen atoms in total. The van der Waals surface area contributed by atoms with Crippen LogP contribution in [0.5, 0.6) is 0 Å². The quantitative estimate of drug-likeness (QED) is 0.670. The molecule has 3 aliphatic rings. The van der Waals surface area contributed by atoms with Crippen LogP contribution in [0.4, 0.5) is 0 Å². The molecule has 2 atom stereocenters. The summed E-state index contributed by atoms with van der Waals surface area (Å²) >= 11 is 6.01. The first-order valence-electron chi connectivity index (χ1n) is 9.75. The van der Waals surface area contributed by atoms with Crippen molar-refractivity contribution in [3.05, 3.63) is 34.9 Å². The zero-order chi connectivity index (χ0) is 19.0. The number of hydrogen-bond donors (Lipinski definition) is 0. The molecule has 1 aromatic rings. The number of carbonyl (C=O) groups excluding carboxylic acids is 1. The van der Waals surface area contributed by atoms with Crippen molar-refractivity contribution in [1.82, 2.24) is 4.90 Å². The minimum Gasteiger partial charge on any atom is -0.369 e. The van der Waals surface area contributed by atoms with Crippen molar-refractivity contribution >= 4 is 23.2 Å². The van der Waals surface area contributed by atoms with E-state index in [2.05, 4.69) is 30.8 Å². The van der Waals surface area contributed by atoms with E-state index in [0.717, 1.165) is 49.9 Å². The van der Waals surface area contributed by atoms with Crippen LogP contribution in [0.1, 0.15) is 51.5 Å². The van der Waals surface area contributed by atoms with Crippen LogP contribution in [0.2, 0.25) is 5.02 Å². The lowest BCUT2D eigenvalue weighted by atomic mass is 9.73. The van der Waals surface area contributed by atoms with Gasteiger partial charge in [0.1, 0.15) is 5.71 Å². The normalized spacial score (nSPS) is 26.6. The summed E-state index contributed by atoms with van der Waals surface area (Å²) in [5.74, 6) is 6.68. The molecule has 2 heterocycles. The predicted molar refractivity (Wildman–Crippen MR) is 106 cm³/mol. The van der Waals surface area contributed by atoms with Crippen molar-refractivity contribution in [2.45, 2.75) is 52.2 Å². The molecular weight excluding hydrogens is 360 g/mol. The van der Waals surface area contributed by atoms with Crippen molar-refractivity contribution in [2.24, 2.45) is 22.4 Å². The lowest BCUT2D eigenvalue weighted by Gasteiger charge is -2.35. The Balaban J connectivity index is 1.41. The predicted octanol–water partition coefficient (Wildman–Crippen LogP) is 4.47. The maximum Gasteiger partial charge on any atom is 0.228 e. The standard InChI is InChI=1S/C22H25ClN2O2/c1-22(2)11-8-16(9-12-22)20(26)25-13-10-18-19(24-27-21(18)25)7-6-15-4-3-5-17(23)14-15/h3-5,14,16,18,21H,8-13H2,1-2H3. The second kappa shape index (κ2) is 7.20. The van der Waals surface area contributed by atoms with E-state index >= 15 is 0 Å². The van der Waals surface area contributed by atoms with E-state index in [1.807, 2.05) is 29.2 Å². The Morgan fingerprint density at radius 1 is 1.26 bits per heavy atom. The average Bonchev–Trinajstić information content (AvgIpc) is 3.21. The summed E-state index contributed by atoms with van der Waals surface area (Å²) < 4.78 is 0. The fourth-order valence-electron chi connectivity index (χ4n) is 4.28. The van der Waals surface area contributed by atoms with E-state index in [4.69, 9.17) is 16.4 Å². The number of fused-ring (bicyclic) bond motifs is 1. The number of oxime groups is 1. The summed E-state index contributed by atoms with van der Waals surface area (Å²) in [4.78, 5) is 20.5. The highest BCUT2D eigenvalue weighted by Crippen LogP contribution is 2.40. The third-order valence-electron chi connectivity index (χ3n) is 6.07.